The van der Waals surface area contributed by atoms with Gasteiger partial charge in [0.15, 0.2) is 0 Å². The summed E-state index contributed by atoms with van der Waals surface area (Å²) >= 11 is 0. The number of hydrogen-bond donors (Lipinski definition) is 1. The smallest absolute Gasteiger partial charge is 0.272 e. The van der Waals surface area contributed by atoms with Gasteiger partial charge in [-0.05, 0) is 31.0 Å². The quantitative estimate of drug-likeness (QED) is 0.918. The van der Waals surface area contributed by atoms with Gasteiger partial charge in [0.05, 0.1) is 6.04 Å². The first-order valence-electron chi connectivity index (χ1n) is 7.00. The Morgan fingerprint density at radius 2 is 1.90 bits per heavy atom. The Morgan fingerprint density at radius 3 is 2.52 bits per heavy atom. The predicted molar refractivity (Wildman–Crippen MR) is 82.0 cm³/mol. The molecule has 110 valence electrons. The monoisotopic (exact) mass is 284 g/mol. The highest BCUT2D eigenvalue weighted by atomic mass is 16.3. The normalized spacial score (nSPS) is 12.0. The van der Waals surface area contributed by atoms with Crippen LogP contribution in [0.15, 0.2) is 48.5 Å². The molecular formula is C17H20N2O2. The second kappa shape index (κ2) is 6.99. The second-order valence-corrected chi connectivity index (χ2v) is 5.02. The van der Waals surface area contributed by atoms with Crippen LogP contribution >= 0.6 is 0 Å². The Hall–Kier alpha value is -2.20. The first-order valence-corrected chi connectivity index (χ1v) is 7.00. The third-order valence-electron chi connectivity index (χ3n) is 3.48. The molecule has 0 aliphatic heterocycles. The highest BCUT2D eigenvalue weighted by Gasteiger charge is 2.23. The number of pyridine rings is 1. The average molecular weight is 284 g/mol. The number of aromatic nitrogens is 1. The fourth-order valence-electron chi connectivity index (χ4n) is 2.37. The maximum atomic E-state index is 12.6. The van der Waals surface area contributed by atoms with Crippen LogP contribution in [0.3, 0.4) is 0 Å². The molecular weight excluding hydrogens is 264 g/mol. The molecule has 1 unspecified atom stereocenters. The molecule has 0 radical (unpaired) electrons. The van der Waals surface area contributed by atoms with Crippen LogP contribution in [0.1, 0.15) is 34.2 Å². The van der Waals surface area contributed by atoms with E-state index in [0.717, 1.165) is 11.3 Å². The molecule has 0 aliphatic rings. The highest BCUT2D eigenvalue weighted by molar-refractivity contribution is 5.92. The molecule has 1 atom stereocenters. The summed E-state index contributed by atoms with van der Waals surface area (Å²) in [6, 6.07) is 15.0. The van der Waals surface area contributed by atoms with Crippen LogP contribution in [-0.4, -0.2) is 34.6 Å². The molecule has 2 aromatic rings. The molecule has 0 bridgehead atoms. The molecule has 4 heteroatoms. The maximum Gasteiger partial charge on any atom is 0.272 e. The van der Waals surface area contributed by atoms with Gasteiger partial charge in [0, 0.05) is 19.3 Å². The Labute approximate surface area is 125 Å². The fraction of sp³-hybridized carbons (Fsp3) is 0.294. The molecule has 1 N–H and O–H groups in total. The summed E-state index contributed by atoms with van der Waals surface area (Å²) in [4.78, 5) is 18.5. The topological polar surface area (TPSA) is 53.4 Å². The van der Waals surface area contributed by atoms with Gasteiger partial charge in [0.1, 0.15) is 5.69 Å². The van der Waals surface area contributed by atoms with Crippen LogP contribution in [-0.2, 0) is 0 Å². The minimum atomic E-state index is -0.161. The third-order valence-corrected chi connectivity index (χ3v) is 3.48. The summed E-state index contributed by atoms with van der Waals surface area (Å²) in [7, 11) is 1.75. The van der Waals surface area contributed by atoms with Crippen molar-refractivity contribution in [2.45, 2.75) is 19.4 Å². The number of amides is 1. The molecule has 1 aromatic heterocycles. The molecule has 0 spiro atoms. The van der Waals surface area contributed by atoms with Gasteiger partial charge in [-0.25, -0.2) is 4.98 Å². The molecule has 0 saturated heterocycles. The Balaban J connectivity index is 2.26. The summed E-state index contributed by atoms with van der Waals surface area (Å²) in [5.41, 5.74) is 2.25. The van der Waals surface area contributed by atoms with Crippen LogP contribution in [0, 0.1) is 6.92 Å². The number of aliphatic hydroxyl groups is 1. The fourth-order valence-corrected chi connectivity index (χ4v) is 2.37. The van der Waals surface area contributed by atoms with E-state index in [4.69, 9.17) is 0 Å². The van der Waals surface area contributed by atoms with Gasteiger partial charge < -0.3 is 10.0 Å². The Morgan fingerprint density at radius 1 is 1.19 bits per heavy atom. The van der Waals surface area contributed by atoms with E-state index in [1.54, 1.807) is 18.0 Å². The van der Waals surface area contributed by atoms with Crippen LogP contribution in [0.5, 0.6) is 0 Å². The number of nitrogens with zero attached hydrogens (tertiary/aromatic N) is 2. The van der Waals surface area contributed by atoms with Gasteiger partial charge in [-0.15, -0.1) is 0 Å². The molecule has 4 nitrogen and oxygen atoms in total. The maximum absolute atomic E-state index is 12.6. The van der Waals surface area contributed by atoms with Crippen molar-refractivity contribution in [2.24, 2.45) is 0 Å². The number of aryl methyl sites for hydroxylation is 1. The van der Waals surface area contributed by atoms with Gasteiger partial charge in [-0.1, -0.05) is 36.4 Å². The molecule has 2 rings (SSSR count). The lowest BCUT2D eigenvalue weighted by atomic mass is 10.0. The van der Waals surface area contributed by atoms with Crippen LogP contribution in [0.4, 0.5) is 0 Å². The Bertz CT molecular complexity index is 599. The first kappa shape index (κ1) is 15.2. The number of hydrogen-bond acceptors (Lipinski definition) is 3. The van der Waals surface area contributed by atoms with Crippen molar-refractivity contribution in [2.75, 3.05) is 13.7 Å². The number of aliphatic hydroxyl groups excluding tert-OH is 1. The Kier molecular flexibility index (Phi) is 5.06. The van der Waals surface area contributed by atoms with E-state index in [1.165, 1.54) is 0 Å². The van der Waals surface area contributed by atoms with Crippen molar-refractivity contribution in [1.82, 2.24) is 9.88 Å². The van der Waals surface area contributed by atoms with Gasteiger partial charge in [0.2, 0.25) is 0 Å². The SMILES string of the molecule is Cc1cccc(C(=O)N(C)C(CCO)c2ccccc2)n1. The van der Waals surface area contributed by atoms with E-state index in [0.29, 0.717) is 12.1 Å². The molecule has 1 amide bonds. The zero-order chi connectivity index (χ0) is 15.2. The summed E-state index contributed by atoms with van der Waals surface area (Å²) < 4.78 is 0. The lowest BCUT2D eigenvalue weighted by molar-refractivity contribution is 0.0699. The summed E-state index contributed by atoms with van der Waals surface area (Å²) in [5, 5.41) is 9.29. The number of carbonyl (C=O) groups is 1. The van der Waals surface area contributed by atoms with Crippen LogP contribution in [0.2, 0.25) is 0 Å². The van der Waals surface area contributed by atoms with Crippen LogP contribution in [0.25, 0.3) is 0 Å². The van der Waals surface area contributed by atoms with Crippen molar-refractivity contribution < 1.29 is 9.90 Å². The van der Waals surface area contributed by atoms with Crippen molar-refractivity contribution in [3.05, 3.63) is 65.5 Å². The standard InChI is InChI=1S/C17H20N2O2/c1-13-7-6-10-15(18-13)17(21)19(2)16(11-12-20)14-8-4-3-5-9-14/h3-10,16,20H,11-12H2,1-2H3. The summed E-state index contributed by atoms with van der Waals surface area (Å²) in [6.45, 7) is 1.89. The summed E-state index contributed by atoms with van der Waals surface area (Å²) in [5.74, 6) is -0.138. The minimum Gasteiger partial charge on any atom is -0.396 e. The van der Waals surface area contributed by atoms with E-state index >= 15 is 0 Å². The molecule has 0 aliphatic carbocycles. The number of carbonyl (C=O) groups excluding carboxylic acids is 1. The van der Waals surface area contributed by atoms with E-state index in [2.05, 4.69) is 4.98 Å². The molecule has 21 heavy (non-hydrogen) atoms. The van der Waals surface area contributed by atoms with E-state index < -0.39 is 0 Å². The van der Waals surface area contributed by atoms with Crippen LogP contribution < -0.4 is 0 Å². The zero-order valence-corrected chi connectivity index (χ0v) is 12.4. The lowest BCUT2D eigenvalue weighted by Gasteiger charge is -2.28. The third kappa shape index (κ3) is 3.67. The van der Waals surface area contributed by atoms with Gasteiger partial charge in [-0.2, -0.15) is 0 Å². The number of benzene rings is 1. The second-order valence-electron chi connectivity index (χ2n) is 5.02. The average Bonchev–Trinajstić information content (AvgIpc) is 2.52. The molecule has 1 aromatic carbocycles. The van der Waals surface area contributed by atoms with Gasteiger partial charge in [-0.3, -0.25) is 4.79 Å². The van der Waals surface area contributed by atoms with E-state index in [-0.39, 0.29) is 18.6 Å². The van der Waals surface area contributed by atoms with Crippen molar-refractivity contribution in [3.8, 4) is 0 Å². The molecule has 0 fully saturated rings. The number of rotatable bonds is 5. The predicted octanol–water partition coefficient (Wildman–Crippen LogP) is 2.59. The lowest BCUT2D eigenvalue weighted by Crippen LogP contribution is -2.32. The largest absolute Gasteiger partial charge is 0.396 e. The minimum absolute atomic E-state index is 0.0262. The van der Waals surface area contributed by atoms with Crippen molar-refractivity contribution >= 4 is 5.91 Å². The first-order chi connectivity index (χ1) is 10.1. The highest BCUT2D eigenvalue weighted by Crippen LogP contribution is 2.24. The van der Waals surface area contributed by atoms with Gasteiger partial charge in [0.25, 0.3) is 5.91 Å². The van der Waals surface area contributed by atoms with Gasteiger partial charge >= 0.3 is 0 Å². The van der Waals surface area contributed by atoms with Crippen molar-refractivity contribution in [1.29, 1.82) is 0 Å². The van der Waals surface area contributed by atoms with Crippen molar-refractivity contribution in [3.63, 3.8) is 0 Å². The van der Waals surface area contributed by atoms with E-state index in [1.807, 2.05) is 49.4 Å². The zero-order valence-electron chi connectivity index (χ0n) is 12.4. The van der Waals surface area contributed by atoms with E-state index in [9.17, 15) is 9.90 Å². The molecule has 1 heterocycles. The molecule has 0 saturated carbocycles. The summed E-state index contributed by atoms with van der Waals surface area (Å²) in [6.07, 6.45) is 0.498.